The SMILES string of the molecule is C[C@H](NC(=O)C1CCN(c2ccc3nnc(C(F)(F)F)n3n2)CC1)c1ccccc1Br. The van der Waals surface area contributed by atoms with E-state index in [1.54, 1.807) is 6.07 Å². The molecule has 11 heteroatoms. The smallest absolute Gasteiger partial charge is 0.355 e. The third-order valence-corrected chi connectivity index (χ3v) is 6.14. The van der Waals surface area contributed by atoms with Crippen molar-refractivity contribution in [3.63, 3.8) is 0 Å². The summed E-state index contributed by atoms with van der Waals surface area (Å²) < 4.78 is 40.9. The van der Waals surface area contributed by atoms with Crippen LogP contribution in [-0.2, 0) is 11.0 Å². The first-order valence-corrected chi connectivity index (χ1v) is 10.6. The fourth-order valence-electron chi connectivity index (χ4n) is 3.73. The van der Waals surface area contributed by atoms with Gasteiger partial charge in [0.05, 0.1) is 6.04 Å². The minimum atomic E-state index is -4.64. The van der Waals surface area contributed by atoms with Crippen molar-refractivity contribution < 1.29 is 18.0 Å². The predicted octanol–water partition coefficient (Wildman–Crippen LogP) is 4.00. The highest BCUT2D eigenvalue weighted by molar-refractivity contribution is 9.10. The average molecular weight is 497 g/mol. The number of nitrogens with zero attached hydrogens (tertiary/aromatic N) is 5. The van der Waals surface area contributed by atoms with E-state index in [-0.39, 0.29) is 23.5 Å². The average Bonchev–Trinajstić information content (AvgIpc) is 3.18. The van der Waals surface area contributed by atoms with Gasteiger partial charge in [-0.2, -0.15) is 17.7 Å². The third kappa shape index (κ3) is 4.51. The summed E-state index contributed by atoms with van der Waals surface area (Å²) in [7, 11) is 0. The highest BCUT2D eigenvalue weighted by Gasteiger charge is 2.38. The minimum absolute atomic E-state index is 0.0236. The number of halogens is 4. The molecular weight excluding hydrogens is 477 g/mol. The van der Waals surface area contributed by atoms with Gasteiger partial charge in [0.25, 0.3) is 5.82 Å². The zero-order valence-electron chi connectivity index (χ0n) is 16.6. The van der Waals surface area contributed by atoms with E-state index in [2.05, 4.69) is 36.5 Å². The lowest BCUT2D eigenvalue weighted by molar-refractivity contribution is -0.146. The molecule has 0 bridgehead atoms. The molecule has 3 heterocycles. The Morgan fingerprint density at radius 2 is 1.87 bits per heavy atom. The Kier molecular flexibility index (Phi) is 5.87. The van der Waals surface area contributed by atoms with Gasteiger partial charge >= 0.3 is 6.18 Å². The van der Waals surface area contributed by atoms with Gasteiger partial charge in [-0.25, -0.2) is 0 Å². The summed E-state index contributed by atoms with van der Waals surface area (Å²) >= 11 is 3.50. The Bertz CT molecular complexity index is 1090. The van der Waals surface area contributed by atoms with Crippen molar-refractivity contribution >= 4 is 33.3 Å². The number of anilines is 1. The number of hydrogen-bond donors (Lipinski definition) is 1. The summed E-state index contributed by atoms with van der Waals surface area (Å²) in [5.41, 5.74) is 1.03. The molecule has 1 N–H and O–H groups in total. The van der Waals surface area contributed by atoms with Crippen LogP contribution in [0.2, 0.25) is 0 Å². The third-order valence-electron chi connectivity index (χ3n) is 5.42. The van der Waals surface area contributed by atoms with Crippen LogP contribution in [0.4, 0.5) is 19.0 Å². The zero-order chi connectivity index (χ0) is 22.2. The molecule has 3 aromatic rings. The first kappa shape index (κ1) is 21.5. The highest BCUT2D eigenvalue weighted by Crippen LogP contribution is 2.29. The molecule has 7 nitrogen and oxygen atoms in total. The van der Waals surface area contributed by atoms with E-state index in [4.69, 9.17) is 0 Å². The van der Waals surface area contributed by atoms with Gasteiger partial charge in [0.2, 0.25) is 5.91 Å². The zero-order valence-corrected chi connectivity index (χ0v) is 18.2. The van der Waals surface area contributed by atoms with Gasteiger partial charge in [0.1, 0.15) is 5.82 Å². The molecule has 1 amide bonds. The molecule has 1 aromatic carbocycles. The molecule has 1 aliphatic heterocycles. The maximum absolute atomic E-state index is 13.1. The Balaban J connectivity index is 1.40. The van der Waals surface area contributed by atoms with Gasteiger partial charge < -0.3 is 10.2 Å². The van der Waals surface area contributed by atoms with Crippen molar-refractivity contribution in [1.82, 2.24) is 25.1 Å². The van der Waals surface area contributed by atoms with Crippen molar-refractivity contribution in [3.05, 3.63) is 52.3 Å². The number of amides is 1. The van der Waals surface area contributed by atoms with E-state index < -0.39 is 12.0 Å². The molecule has 1 fully saturated rings. The van der Waals surface area contributed by atoms with Gasteiger partial charge in [-0.05, 0) is 43.5 Å². The van der Waals surface area contributed by atoms with E-state index in [1.807, 2.05) is 36.1 Å². The summed E-state index contributed by atoms with van der Waals surface area (Å²) in [5.74, 6) is -0.937. The first-order valence-electron chi connectivity index (χ1n) is 9.83. The van der Waals surface area contributed by atoms with Gasteiger partial charge in [-0.15, -0.1) is 15.3 Å². The maximum Gasteiger partial charge on any atom is 0.453 e. The summed E-state index contributed by atoms with van der Waals surface area (Å²) in [6.45, 7) is 2.97. The van der Waals surface area contributed by atoms with Crippen LogP contribution in [0, 0.1) is 5.92 Å². The van der Waals surface area contributed by atoms with Crippen LogP contribution in [-0.4, -0.2) is 38.8 Å². The number of rotatable bonds is 4. The number of benzene rings is 1. The molecule has 0 radical (unpaired) electrons. The van der Waals surface area contributed by atoms with Crippen molar-refractivity contribution in [2.75, 3.05) is 18.0 Å². The number of alkyl halides is 3. The van der Waals surface area contributed by atoms with Crippen molar-refractivity contribution in [2.24, 2.45) is 5.92 Å². The molecule has 31 heavy (non-hydrogen) atoms. The van der Waals surface area contributed by atoms with Crippen LogP contribution >= 0.6 is 15.9 Å². The second-order valence-corrected chi connectivity index (χ2v) is 8.35. The van der Waals surface area contributed by atoms with E-state index in [0.29, 0.717) is 36.3 Å². The van der Waals surface area contributed by atoms with Crippen molar-refractivity contribution in [2.45, 2.75) is 32.0 Å². The van der Waals surface area contributed by atoms with E-state index >= 15 is 0 Å². The molecule has 2 aromatic heterocycles. The second kappa shape index (κ2) is 8.45. The van der Waals surface area contributed by atoms with E-state index in [0.717, 1.165) is 10.0 Å². The number of hydrogen-bond acceptors (Lipinski definition) is 5. The normalized spacial score (nSPS) is 16.5. The van der Waals surface area contributed by atoms with Crippen LogP contribution in [0.25, 0.3) is 5.65 Å². The highest BCUT2D eigenvalue weighted by atomic mass is 79.9. The number of nitrogens with one attached hydrogen (secondary N) is 1. The van der Waals surface area contributed by atoms with Crippen LogP contribution in [0.5, 0.6) is 0 Å². The predicted molar refractivity (Wildman–Crippen MR) is 111 cm³/mol. The topological polar surface area (TPSA) is 75.4 Å². The van der Waals surface area contributed by atoms with Crippen LogP contribution in [0.15, 0.2) is 40.9 Å². The summed E-state index contributed by atoms with van der Waals surface area (Å²) in [4.78, 5) is 14.6. The molecule has 4 rings (SSSR count). The van der Waals surface area contributed by atoms with Crippen LogP contribution in [0.3, 0.4) is 0 Å². The minimum Gasteiger partial charge on any atom is -0.355 e. The first-order chi connectivity index (χ1) is 14.7. The molecule has 1 atom stereocenters. The molecule has 0 spiro atoms. The Morgan fingerprint density at radius 1 is 1.16 bits per heavy atom. The standard InChI is InChI=1S/C20H20BrF3N6O/c1-12(14-4-2-3-5-15(14)21)25-18(31)13-8-10-29(11-9-13)17-7-6-16-26-27-19(20(22,23)24)30(16)28-17/h2-7,12-13H,8-11H2,1H3,(H,25,31)/t12-/m0/s1. The molecule has 1 saturated heterocycles. The van der Waals surface area contributed by atoms with Crippen LogP contribution < -0.4 is 10.2 Å². The Morgan fingerprint density at radius 3 is 2.55 bits per heavy atom. The summed E-state index contributed by atoms with van der Waals surface area (Å²) in [6.07, 6.45) is -3.47. The Labute approximate surface area is 184 Å². The summed E-state index contributed by atoms with van der Waals surface area (Å²) in [6, 6.07) is 10.7. The molecule has 0 saturated carbocycles. The fourth-order valence-corrected chi connectivity index (χ4v) is 4.36. The lowest BCUT2D eigenvalue weighted by Gasteiger charge is -2.32. The number of carbonyl (C=O) groups is 1. The Hall–Kier alpha value is -2.69. The fraction of sp³-hybridized carbons (Fsp3) is 0.400. The van der Waals surface area contributed by atoms with Gasteiger partial charge in [0.15, 0.2) is 5.65 Å². The van der Waals surface area contributed by atoms with Gasteiger partial charge in [0, 0.05) is 23.5 Å². The monoisotopic (exact) mass is 496 g/mol. The van der Waals surface area contributed by atoms with Crippen molar-refractivity contribution in [1.29, 1.82) is 0 Å². The van der Waals surface area contributed by atoms with Crippen LogP contribution in [0.1, 0.15) is 37.2 Å². The largest absolute Gasteiger partial charge is 0.453 e. The summed E-state index contributed by atoms with van der Waals surface area (Å²) in [5, 5.41) is 13.9. The number of aromatic nitrogens is 4. The molecule has 1 aliphatic rings. The molecule has 0 aliphatic carbocycles. The lowest BCUT2D eigenvalue weighted by atomic mass is 9.95. The quantitative estimate of drug-likeness (QED) is 0.590. The van der Waals surface area contributed by atoms with E-state index in [1.165, 1.54) is 6.07 Å². The number of piperidine rings is 1. The molecule has 164 valence electrons. The number of fused-ring (bicyclic) bond motifs is 1. The second-order valence-electron chi connectivity index (χ2n) is 7.50. The van der Waals surface area contributed by atoms with Gasteiger partial charge in [-0.3, -0.25) is 4.79 Å². The molecule has 0 unspecified atom stereocenters. The van der Waals surface area contributed by atoms with E-state index in [9.17, 15) is 18.0 Å². The number of carbonyl (C=O) groups excluding carboxylic acids is 1. The maximum atomic E-state index is 13.1. The van der Waals surface area contributed by atoms with Crippen molar-refractivity contribution in [3.8, 4) is 0 Å². The molecular formula is C20H20BrF3N6O. The van der Waals surface area contributed by atoms with Gasteiger partial charge in [-0.1, -0.05) is 34.1 Å². The lowest BCUT2D eigenvalue weighted by Crippen LogP contribution is -2.41.